The highest BCUT2D eigenvalue weighted by atomic mass is 32.1. The van der Waals surface area contributed by atoms with Crippen LogP contribution in [-0.4, -0.2) is 29.5 Å². The van der Waals surface area contributed by atoms with E-state index in [1.54, 1.807) is 11.3 Å². The molecule has 4 heteroatoms. The van der Waals surface area contributed by atoms with Crippen LogP contribution < -0.4 is 5.32 Å². The first-order chi connectivity index (χ1) is 8.51. The van der Waals surface area contributed by atoms with Crippen molar-refractivity contribution in [2.75, 3.05) is 25.0 Å². The minimum atomic E-state index is 0.713. The lowest BCUT2D eigenvalue weighted by Gasteiger charge is -2.25. The van der Waals surface area contributed by atoms with Gasteiger partial charge in [-0.15, -0.1) is 11.3 Å². The van der Waals surface area contributed by atoms with Crippen LogP contribution in [0.1, 0.15) is 39.5 Å². The Morgan fingerprint density at radius 1 is 1.22 bits per heavy atom. The third-order valence-electron chi connectivity index (χ3n) is 2.51. The van der Waals surface area contributed by atoms with E-state index >= 15 is 0 Å². The van der Waals surface area contributed by atoms with Gasteiger partial charge in [0.2, 0.25) is 0 Å². The first-order valence-corrected chi connectivity index (χ1v) is 7.73. The molecule has 0 aromatic carbocycles. The average molecular weight is 269 g/mol. The van der Waals surface area contributed by atoms with Crippen LogP contribution in [0, 0.1) is 11.8 Å². The summed E-state index contributed by atoms with van der Waals surface area (Å²) in [5.41, 5.74) is 0. The molecule has 104 valence electrons. The lowest BCUT2D eigenvalue weighted by Crippen LogP contribution is -2.30. The topological polar surface area (TPSA) is 28.2 Å². The summed E-state index contributed by atoms with van der Waals surface area (Å²) in [5, 5.41) is 4.31. The Labute approximate surface area is 116 Å². The maximum Gasteiger partial charge on any atom is 0.182 e. The molecular weight excluding hydrogens is 242 g/mol. The van der Waals surface area contributed by atoms with Gasteiger partial charge in [0.05, 0.1) is 0 Å². The van der Waals surface area contributed by atoms with Crippen LogP contribution in [0.4, 0.5) is 5.13 Å². The number of thiazole rings is 1. The van der Waals surface area contributed by atoms with Crippen molar-refractivity contribution in [1.29, 1.82) is 0 Å². The lowest BCUT2D eigenvalue weighted by atomic mass is 10.1. The van der Waals surface area contributed by atoms with Crippen LogP contribution in [0.2, 0.25) is 0 Å². The van der Waals surface area contributed by atoms with Gasteiger partial charge >= 0.3 is 0 Å². The Bertz CT molecular complexity index is 324. The highest BCUT2D eigenvalue weighted by molar-refractivity contribution is 7.15. The molecule has 0 fully saturated rings. The van der Waals surface area contributed by atoms with Crippen LogP contribution in [0.15, 0.2) is 6.20 Å². The standard InChI is InChI=1S/C14H27N3S/c1-6-15-14-16-7-13(18-14)10-17(8-11(2)3)9-12(4)5/h7,11-12H,6,8-10H2,1-5H3,(H,15,16). The molecule has 0 bridgehead atoms. The molecular formula is C14H27N3S. The fourth-order valence-corrected chi connectivity index (χ4v) is 2.99. The molecule has 1 heterocycles. The molecule has 0 saturated carbocycles. The number of nitrogens with zero attached hydrogens (tertiary/aromatic N) is 2. The van der Waals surface area contributed by atoms with E-state index in [1.807, 2.05) is 6.20 Å². The zero-order chi connectivity index (χ0) is 13.5. The maximum atomic E-state index is 4.40. The largest absolute Gasteiger partial charge is 0.362 e. The van der Waals surface area contributed by atoms with Crippen LogP contribution in [0.5, 0.6) is 0 Å². The second-order valence-electron chi connectivity index (χ2n) is 5.64. The molecule has 1 rings (SSSR count). The average Bonchev–Trinajstić information content (AvgIpc) is 2.64. The maximum absolute atomic E-state index is 4.40. The molecule has 1 aromatic heterocycles. The quantitative estimate of drug-likeness (QED) is 0.780. The normalized spacial score (nSPS) is 11.8. The van der Waals surface area contributed by atoms with Gasteiger partial charge in [0.15, 0.2) is 5.13 Å². The molecule has 0 aliphatic heterocycles. The predicted molar refractivity (Wildman–Crippen MR) is 81.2 cm³/mol. The monoisotopic (exact) mass is 269 g/mol. The van der Waals surface area contributed by atoms with Crippen molar-refractivity contribution in [2.45, 2.75) is 41.2 Å². The minimum absolute atomic E-state index is 0.713. The van der Waals surface area contributed by atoms with Gasteiger partial charge in [-0.25, -0.2) is 4.98 Å². The Morgan fingerprint density at radius 3 is 2.33 bits per heavy atom. The highest BCUT2D eigenvalue weighted by Crippen LogP contribution is 2.20. The van der Waals surface area contributed by atoms with E-state index in [0.29, 0.717) is 11.8 Å². The number of nitrogens with one attached hydrogen (secondary N) is 1. The van der Waals surface area contributed by atoms with Gasteiger partial charge in [-0.1, -0.05) is 27.7 Å². The molecule has 3 nitrogen and oxygen atoms in total. The molecule has 0 saturated heterocycles. The third-order valence-corrected chi connectivity index (χ3v) is 3.45. The van der Waals surface area contributed by atoms with E-state index in [0.717, 1.165) is 31.3 Å². The highest BCUT2D eigenvalue weighted by Gasteiger charge is 2.12. The van der Waals surface area contributed by atoms with E-state index in [-0.39, 0.29) is 0 Å². The fraction of sp³-hybridized carbons (Fsp3) is 0.786. The van der Waals surface area contributed by atoms with Crippen molar-refractivity contribution in [2.24, 2.45) is 11.8 Å². The molecule has 18 heavy (non-hydrogen) atoms. The molecule has 1 aromatic rings. The third kappa shape index (κ3) is 5.83. The molecule has 0 atom stereocenters. The van der Waals surface area contributed by atoms with E-state index in [2.05, 4.69) is 49.8 Å². The summed E-state index contributed by atoms with van der Waals surface area (Å²) in [6.07, 6.45) is 2.01. The van der Waals surface area contributed by atoms with Crippen LogP contribution in [0.3, 0.4) is 0 Å². The van der Waals surface area contributed by atoms with Crippen molar-refractivity contribution in [3.8, 4) is 0 Å². The van der Waals surface area contributed by atoms with E-state index < -0.39 is 0 Å². The summed E-state index contributed by atoms with van der Waals surface area (Å²) < 4.78 is 0. The van der Waals surface area contributed by atoms with Gasteiger partial charge in [0.1, 0.15) is 0 Å². The number of rotatable bonds is 8. The van der Waals surface area contributed by atoms with Crippen molar-refractivity contribution in [3.63, 3.8) is 0 Å². The zero-order valence-corrected chi connectivity index (χ0v) is 13.2. The Kier molecular flexibility index (Phi) is 6.65. The molecule has 0 amide bonds. The smallest absolute Gasteiger partial charge is 0.182 e. The molecule has 0 radical (unpaired) electrons. The molecule has 1 N–H and O–H groups in total. The van der Waals surface area contributed by atoms with Gasteiger partial charge in [0, 0.05) is 37.3 Å². The van der Waals surface area contributed by atoms with Gasteiger partial charge in [-0.05, 0) is 18.8 Å². The number of aromatic nitrogens is 1. The van der Waals surface area contributed by atoms with Gasteiger partial charge in [0.25, 0.3) is 0 Å². The first kappa shape index (κ1) is 15.4. The second-order valence-corrected chi connectivity index (χ2v) is 6.76. The summed E-state index contributed by atoms with van der Waals surface area (Å²) in [4.78, 5) is 8.29. The summed E-state index contributed by atoms with van der Waals surface area (Å²) >= 11 is 1.78. The number of hydrogen-bond donors (Lipinski definition) is 1. The predicted octanol–water partition coefficient (Wildman–Crippen LogP) is 3.69. The zero-order valence-electron chi connectivity index (χ0n) is 12.4. The summed E-state index contributed by atoms with van der Waals surface area (Å²) in [5.74, 6) is 1.43. The lowest BCUT2D eigenvalue weighted by molar-refractivity contribution is 0.213. The Balaban J connectivity index is 2.57. The van der Waals surface area contributed by atoms with Crippen molar-refractivity contribution in [3.05, 3.63) is 11.1 Å². The van der Waals surface area contributed by atoms with Crippen molar-refractivity contribution >= 4 is 16.5 Å². The van der Waals surface area contributed by atoms with Gasteiger partial charge < -0.3 is 5.32 Å². The molecule has 0 aliphatic carbocycles. The fourth-order valence-electron chi connectivity index (χ4n) is 2.07. The molecule has 0 spiro atoms. The van der Waals surface area contributed by atoms with E-state index in [9.17, 15) is 0 Å². The summed E-state index contributed by atoms with van der Waals surface area (Å²) in [6, 6.07) is 0. The molecule has 0 unspecified atom stereocenters. The van der Waals surface area contributed by atoms with Gasteiger partial charge in [-0.2, -0.15) is 0 Å². The summed E-state index contributed by atoms with van der Waals surface area (Å²) in [6.45, 7) is 15.5. The van der Waals surface area contributed by atoms with Gasteiger partial charge in [-0.3, -0.25) is 4.90 Å². The van der Waals surface area contributed by atoms with Crippen molar-refractivity contribution < 1.29 is 0 Å². The SMILES string of the molecule is CCNc1ncc(CN(CC(C)C)CC(C)C)s1. The van der Waals surface area contributed by atoms with E-state index in [4.69, 9.17) is 0 Å². The first-order valence-electron chi connectivity index (χ1n) is 6.92. The second kappa shape index (κ2) is 7.74. The van der Waals surface area contributed by atoms with Crippen molar-refractivity contribution in [1.82, 2.24) is 9.88 Å². The number of hydrogen-bond acceptors (Lipinski definition) is 4. The van der Waals surface area contributed by atoms with E-state index in [1.165, 1.54) is 4.88 Å². The minimum Gasteiger partial charge on any atom is -0.362 e. The Hall–Kier alpha value is -0.610. The summed E-state index contributed by atoms with van der Waals surface area (Å²) in [7, 11) is 0. The number of anilines is 1. The Morgan fingerprint density at radius 2 is 1.83 bits per heavy atom. The van der Waals surface area contributed by atoms with Crippen LogP contribution in [0.25, 0.3) is 0 Å². The molecule has 0 aliphatic rings. The van der Waals surface area contributed by atoms with Crippen LogP contribution in [-0.2, 0) is 6.54 Å². The van der Waals surface area contributed by atoms with Crippen LogP contribution >= 0.6 is 11.3 Å².